The Kier molecular flexibility index (Phi) is 5.81. The lowest BCUT2D eigenvalue weighted by molar-refractivity contribution is 0.745. The maximum Gasteiger partial charge on any atom is 0.188 e. The largest absolute Gasteiger partial charge is 0.381 e. The lowest BCUT2D eigenvalue weighted by atomic mass is 10.1. The number of hydrogen-bond acceptors (Lipinski definition) is 7. The monoisotopic (exact) mass is 440 g/mol. The molecule has 30 heavy (non-hydrogen) atoms. The van der Waals surface area contributed by atoms with Gasteiger partial charge in [0.15, 0.2) is 11.6 Å². The van der Waals surface area contributed by atoms with Gasteiger partial charge in [0.05, 0.1) is 29.9 Å². The lowest BCUT2D eigenvalue weighted by Gasteiger charge is -2.24. The number of fused-ring (bicyclic) bond motifs is 1. The first kappa shape index (κ1) is 20.5. The Bertz CT molecular complexity index is 1180. The molecule has 0 radical (unpaired) electrons. The average Bonchev–Trinajstić information content (AvgIpc) is 3.20. The van der Waals surface area contributed by atoms with Crippen molar-refractivity contribution in [3.8, 4) is 11.3 Å². The van der Waals surface area contributed by atoms with Crippen LogP contribution in [-0.4, -0.2) is 38.1 Å². The Balaban J connectivity index is 1.63. The van der Waals surface area contributed by atoms with Gasteiger partial charge in [0.1, 0.15) is 5.50 Å². The summed E-state index contributed by atoms with van der Waals surface area (Å²) in [6.45, 7) is 4.40. The molecule has 4 aromatic rings. The van der Waals surface area contributed by atoms with E-state index in [-0.39, 0.29) is 13.7 Å². The summed E-state index contributed by atoms with van der Waals surface area (Å²) < 4.78 is 1.91. The number of hydrogen-bond donors (Lipinski definition) is 2. The molecule has 10 heteroatoms. The standard InChI is InChI=1S/C20H22ClN8P/c1-30(2)12-28-11-15(9-26-28)17-10-25-19(22)20(27-17)29(23)18(21)14-5-6-16-13(8-14)4-3-7-24-16/h3-11,18H,12,23H2,1-2H3,(H2,22,25). The molecule has 0 spiro atoms. The van der Waals surface area contributed by atoms with Crippen LogP contribution >= 0.6 is 19.5 Å². The molecular weight excluding hydrogens is 419 g/mol. The summed E-state index contributed by atoms with van der Waals surface area (Å²) in [6.07, 6.45) is 7.95. The van der Waals surface area contributed by atoms with Gasteiger partial charge in [-0.15, -0.1) is 0 Å². The van der Waals surface area contributed by atoms with Gasteiger partial charge < -0.3 is 5.73 Å². The number of aromatic nitrogens is 5. The molecule has 3 aromatic heterocycles. The number of hydrazine groups is 1. The van der Waals surface area contributed by atoms with Crippen molar-refractivity contribution in [1.82, 2.24) is 24.7 Å². The first-order chi connectivity index (χ1) is 14.4. The molecule has 0 aliphatic rings. The van der Waals surface area contributed by atoms with E-state index in [0.29, 0.717) is 11.5 Å². The predicted octanol–water partition coefficient (Wildman–Crippen LogP) is 3.79. The van der Waals surface area contributed by atoms with Crippen LogP contribution in [0.1, 0.15) is 11.1 Å². The third-order valence-electron chi connectivity index (χ3n) is 4.53. The minimum Gasteiger partial charge on any atom is -0.381 e. The van der Waals surface area contributed by atoms with Gasteiger partial charge in [0.25, 0.3) is 0 Å². The Labute approximate surface area is 180 Å². The minimum absolute atomic E-state index is 0.107. The van der Waals surface area contributed by atoms with Crippen LogP contribution in [0, 0.1) is 0 Å². The van der Waals surface area contributed by atoms with Crippen LogP contribution < -0.4 is 16.6 Å². The van der Waals surface area contributed by atoms with Gasteiger partial charge in [-0.05, 0) is 37.1 Å². The zero-order valence-corrected chi connectivity index (χ0v) is 18.3. The van der Waals surface area contributed by atoms with Crippen LogP contribution in [0.2, 0.25) is 0 Å². The molecule has 3 heterocycles. The number of halogens is 1. The minimum atomic E-state index is -0.687. The quantitative estimate of drug-likeness (QED) is 0.154. The van der Waals surface area contributed by atoms with Crippen LogP contribution in [0.4, 0.5) is 11.6 Å². The van der Waals surface area contributed by atoms with Crippen molar-refractivity contribution in [3.05, 3.63) is 60.7 Å². The maximum absolute atomic E-state index is 6.67. The molecule has 8 nitrogen and oxygen atoms in total. The van der Waals surface area contributed by atoms with Crippen LogP contribution in [0.3, 0.4) is 0 Å². The summed E-state index contributed by atoms with van der Waals surface area (Å²) in [6, 6.07) is 9.59. The molecule has 1 atom stereocenters. The van der Waals surface area contributed by atoms with Crippen molar-refractivity contribution in [2.24, 2.45) is 5.84 Å². The van der Waals surface area contributed by atoms with E-state index < -0.39 is 5.50 Å². The number of nitrogen functional groups attached to an aromatic ring is 1. The highest BCUT2D eigenvalue weighted by Crippen LogP contribution is 2.32. The van der Waals surface area contributed by atoms with Gasteiger partial charge in [-0.25, -0.2) is 15.8 Å². The highest BCUT2D eigenvalue weighted by molar-refractivity contribution is 7.54. The highest BCUT2D eigenvalue weighted by Gasteiger charge is 2.21. The van der Waals surface area contributed by atoms with Crippen LogP contribution in [0.15, 0.2) is 55.1 Å². The van der Waals surface area contributed by atoms with E-state index in [9.17, 15) is 0 Å². The molecule has 0 amide bonds. The van der Waals surface area contributed by atoms with Gasteiger partial charge >= 0.3 is 0 Å². The highest BCUT2D eigenvalue weighted by atomic mass is 35.5. The topological polar surface area (TPSA) is 112 Å². The van der Waals surface area contributed by atoms with E-state index in [4.69, 9.17) is 23.2 Å². The van der Waals surface area contributed by atoms with E-state index in [0.717, 1.165) is 28.3 Å². The van der Waals surface area contributed by atoms with Gasteiger partial charge in [-0.3, -0.25) is 14.7 Å². The summed E-state index contributed by atoms with van der Waals surface area (Å²) in [5, 5.41) is 6.70. The number of nitrogens with zero attached hydrogens (tertiary/aromatic N) is 6. The van der Waals surface area contributed by atoms with Crippen molar-refractivity contribution in [1.29, 1.82) is 0 Å². The molecule has 4 N–H and O–H groups in total. The van der Waals surface area contributed by atoms with Gasteiger partial charge in [-0.1, -0.05) is 31.7 Å². The Hall–Kier alpha value is -2.80. The number of nitrogens with two attached hydrogens (primary N) is 2. The molecule has 0 saturated heterocycles. The number of benzene rings is 1. The fourth-order valence-corrected chi connectivity index (χ4v) is 4.05. The Morgan fingerprint density at radius 3 is 2.83 bits per heavy atom. The zero-order chi connectivity index (χ0) is 21.3. The van der Waals surface area contributed by atoms with Gasteiger partial charge in [0.2, 0.25) is 0 Å². The Morgan fingerprint density at radius 1 is 1.20 bits per heavy atom. The third kappa shape index (κ3) is 4.21. The maximum atomic E-state index is 6.67. The van der Waals surface area contributed by atoms with Crippen molar-refractivity contribution >= 4 is 42.1 Å². The lowest BCUT2D eigenvalue weighted by Crippen LogP contribution is -2.34. The van der Waals surface area contributed by atoms with E-state index in [2.05, 4.69) is 33.4 Å². The second-order valence-electron chi connectivity index (χ2n) is 7.15. The Morgan fingerprint density at radius 2 is 2.03 bits per heavy atom. The fourth-order valence-electron chi connectivity index (χ4n) is 3.09. The number of anilines is 2. The molecule has 1 aromatic carbocycles. The third-order valence-corrected chi connectivity index (χ3v) is 5.85. The van der Waals surface area contributed by atoms with E-state index in [1.54, 1.807) is 18.6 Å². The summed E-state index contributed by atoms with van der Waals surface area (Å²) >= 11 is 6.67. The fraction of sp³-hybridized carbons (Fsp3) is 0.200. The van der Waals surface area contributed by atoms with E-state index in [1.165, 1.54) is 5.01 Å². The summed E-state index contributed by atoms with van der Waals surface area (Å²) in [5.74, 6) is 6.83. The second-order valence-corrected chi connectivity index (χ2v) is 10.0. The summed E-state index contributed by atoms with van der Waals surface area (Å²) in [5.41, 5.74) is 8.54. The smallest absolute Gasteiger partial charge is 0.188 e. The predicted molar refractivity (Wildman–Crippen MR) is 123 cm³/mol. The first-order valence-corrected chi connectivity index (χ1v) is 12.1. The number of pyridine rings is 1. The summed E-state index contributed by atoms with van der Waals surface area (Å²) in [7, 11) is -0.107. The molecule has 4 rings (SSSR count). The van der Waals surface area contributed by atoms with Gasteiger partial charge in [-0.2, -0.15) is 5.10 Å². The van der Waals surface area contributed by atoms with Crippen LogP contribution in [0.5, 0.6) is 0 Å². The van der Waals surface area contributed by atoms with E-state index in [1.807, 2.05) is 41.2 Å². The number of alkyl halides is 1. The molecule has 1 unspecified atom stereocenters. The van der Waals surface area contributed by atoms with Crippen molar-refractivity contribution in [3.63, 3.8) is 0 Å². The zero-order valence-electron chi connectivity index (χ0n) is 16.6. The van der Waals surface area contributed by atoms with Crippen molar-refractivity contribution in [2.75, 3.05) is 24.1 Å². The van der Waals surface area contributed by atoms with Crippen LogP contribution in [-0.2, 0) is 6.29 Å². The molecular formula is C20H22ClN8P. The molecule has 0 fully saturated rings. The van der Waals surface area contributed by atoms with E-state index >= 15 is 0 Å². The summed E-state index contributed by atoms with van der Waals surface area (Å²) in [4.78, 5) is 13.2. The molecule has 0 aliphatic heterocycles. The SMILES string of the molecule is CP(C)Cn1cc(-c2cnc(N)c(N(N)C(Cl)c3ccc4ncccc4c3)n2)cn1. The molecule has 0 saturated carbocycles. The number of rotatable bonds is 6. The normalized spacial score (nSPS) is 12.4. The first-order valence-electron chi connectivity index (χ1n) is 9.25. The molecule has 154 valence electrons. The molecule has 0 aliphatic carbocycles. The van der Waals surface area contributed by atoms with Crippen LogP contribution in [0.25, 0.3) is 22.2 Å². The van der Waals surface area contributed by atoms with Gasteiger partial charge in [0, 0.05) is 23.3 Å². The average molecular weight is 441 g/mol. The van der Waals surface area contributed by atoms with Crippen molar-refractivity contribution < 1.29 is 0 Å². The molecule has 0 bridgehead atoms. The van der Waals surface area contributed by atoms with Crippen molar-refractivity contribution in [2.45, 2.75) is 11.8 Å². The second kappa shape index (κ2) is 8.52.